The first-order valence-corrected chi connectivity index (χ1v) is 7.30. The molecular formula is C17H20O2. The highest BCUT2D eigenvalue weighted by molar-refractivity contribution is 6.17. The molecule has 0 N–H and O–H groups in total. The number of ketones is 2. The third kappa shape index (κ3) is 1.77. The zero-order chi connectivity index (χ0) is 13.5. The Labute approximate surface area is 114 Å². The summed E-state index contributed by atoms with van der Waals surface area (Å²) >= 11 is 0. The van der Waals surface area contributed by atoms with Crippen molar-refractivity contribution in [2.75, 3.05) is 0 Å². The van der Waals surface area contributed by atoms with E-state index in [1.54, 1.807) is 0 Å². The second-order valence-electron chi connectivity index (χ2n) is 6.05. The summed E-state index contributed by atoms with van der Waals surface area (Å²) in [5.74, 6) is 0.0155. The van der Waals surface area contributed by atoms with Crippen molar-refractivity contribution >= 4 is 11.6 Å². The van der Waals surface area contributed by atoms with Gasteiger partial charge in [0.05, 0.1) is 11.3 Å². The van der Waals surface area contributed by atoms with Gasteiger partial charge in [-0.15, -0.1) is 0 Å². The van der Waals surface area contributed by atoms with Crippen molar-refractivity contribution in [1.29, 1.82) is 0 Å². The second kappa shape index (κ2) is 4.59. The molecule has 1 spiro atoms. The van der Waals surface area contributed by atoms with Gasteiger partial charge in [-0.05, 0) is 18.4 Å². The zero-order valence-electron chi connectivity index (χ0n) is 11.4. The van der Waals surface area contributed by atoms with Crippen LogP contribution in [-0.2, 0) is 9.59 Å². The maximum absolute atomic E-state index is 12.9. The number of Topliss-reactive ketones (excluding diaryl/α,β-unsaturated/α-hetero) is 2. The predicted octanol–water partition coefficient (Wildman–Crippen LogP) is 3.51. The second-order valence-corrected chi connectivity index (χ2v) is 6.05. The number of rotatable bonds is 1. The van der Waals surface area contributed by atoms with Crippen LogP contribution in [0.2, 0.25) is 0 Å². The quantitative estimate of drug-likeness (QED) is 0.721. The van der Waals surface area contributed by atoms with Crippen molar-refractivity contribution in [3.63, 3.8) is 0 Å². The molecule has 2 fully saturated rings. The van der Waals surface area contributed by atoms with E-state index in [0.717, 1.165) is 37.7 Å². The first-order valence-electron chi connectivity index (χ1n) is 7.30. The Balaban J connectivity index is 2.00. The summed E-state index contributed by atoms with van der Waals surface area (Å²) in [5.41, 5.74) is 0.369. The molecule has 1 aromatic rings. The van der Waals surface area contributed by atoms with Crippen LogP contribution in [0.5, 0.6) is 0 Å². The van der Waals surface area contributed by atoms with Crippen LogP contribution >= 0.6 is 0 Å². The van der Waals surface area contributed by atoms with Crippen LogP contribution in [0.1, 0.15) is 50.5 Å². The zero-order valence-corrected chi connectivity index (χ0v) is 11.4. The van der Waals surface area contributed by atoms with Gasteiger partial charge < -0.3 is 0 Å². The SMILES string of the molecule is C[C@@H]1C(=O)C2(CCCCC2)C(=O)[C@H]1c1ccccc1. The highest BCUT2D eigenvalue weighted by atomic mass is 16.2. The third-order valence-corrected chi connectivity index (χ3v) is 5.01. The summed E-state index contributed by atoms with van der Waals surface area (Å²) in [5, 5.41) is 0. The minimum Gasteiger partial charge on any atom is -0.298 e. The molecule has 100 valence electrons. The van der Waals surface area contributed by atoms with Gasteiger partial charge in [0.2, 0.25) is 0 Å². The Morgan fingerprint density at radius 2 is 1.58 bits per heavy atom. The van der Waals surface area contributed by atoms with Crippen LogP contribution in [0, 0.1) is 11.3 Å². The van der Waals surface area contributed by atoms with Gasteiger partial charge in [-0.3, -0.25) is 9.59 Å². The smallest absolute Gasteiger partial charge is 0.154 e. The Morgan fingerprint density at radius 3 is 2.21 bits per heavy atom. The molecule has 2 saturated carbocycles. The molecule has 0 heterocycles. The fraction of sp³-hybridized carbons (Fsp3) is 0.529. The molecule has 19 heavy (non-hydrogen) atoms. The van der Waals surface area contributed by atoms with E-state index in [0.29, 0.717) is 0 Å². The summed E-state index contributed by atoms with van der Waals surface area (Å²) in [6, 6.07) is 9.81. The minimum atomic E-state index is -0.641. The van der Waals surface area contributed by atoms with Gasteiger partial charge in [0.1, 0.15) is 5.78 Å². The van der Waals surface area contributed by atoms with Crippen LogP contribution < -0.4 is 0 Å². The van der Waals surface area contributed by atoms with Gasteiger partial charge >= 0.3 is 0 Å². The minimum absolute atomic E-state index is 0.159. The Bertz CT molecular complexity index is 497. The fourth-order valence-corrected chi connectivity index (χ4v) is 3.98. The molecule has 0 radical (unpaired) electrons. The van der Waals surface area contributed by atoms with E-state index in [2.05, 4.69) is 0 Å². The van der Waals surface area contributed by atoms with E-state index in [4.69, 9.17) is 0 Å². The molecule has 3 rings (SSSR count). The Kier molecular flexibility index (Phi) is 3.04. The number of hydrogen-bond acceptors (Lipinski definition) is 2. The first-order chi connectivity index (χ1) is 9.17. The number of benzene rings is 1. The van der Waals surface area contributed by atoms with Gasteiger partial charge in [0.15, 0.2) is 5.78 Å². The van der Waals surface area contributed by atoms with E-state index in [-0.39, 0.29) is 23.4 Å². The molecule has 0 bridgehead atoms. The van der Waals surface area contributed by atoms with E-state index in [1.807, 2.05) is 37.3 Å². The van der Waals surface area contributed by atoms with E-state index in [9.17, 15) is 9.59 Å². The predicted molar refractivity (Wildman–Crippen MR) is 73.9 cm³/mol. The molecule has 1 aromatic carbocycles. The summed E-state index contributed by atoms with van der Waals surface area (Å²) in [7, 11) is 0. The molecule has 0 aliphatic heterocycles. The summed E-state index contributed by atoms with van der Waals surface area (Å²) in [6.45, 7) is 1.93. The van der Waals surface area contributed by atoms with Crippen molar-refractivity contribution in [2.45, 2.75) is 44.9 Å². The Hall–Kier alpha value is -1.44. The maximum Gasteiger partial charge on any atom is 0.154 e. The lowest BCUT2D eigenvalue weighted by molar-refractivity contribution is -0.138. The number of hydrogen-bond donors (Lipinski definition) is 0. The molecule has 0 aromatic heterocycles. The number of carbonyl (C=O) groups excluding carboxylic acids is 2. The van der Waals surface area contributed by atoms with Crippen molar-refractivity contribution in [2.24, 2.45) is 11.3 Å². The van der Waals surface area contributed by atoms with Gasteiger partial charge in [0, 0.05) is 5.92 Å². The topological polar surface area (TPSA) is 34.1 Å². The van der Waals surface area contributed by atoms with Crippen molar-refractivity contribution in [3.8, 4) is 0 Å². The lowest BCUT2D eigenvalue weighted by Crippen LogP contribution is -2.36. The van der Waals surface area contributed by atoms with Crippen LogP contribution in [0.25, 0.3) is 0 Å². The van der Waals surface area contributed by atoms with Gasteiger partial charge in [0.25, 0.3) is 0 Å². The van der Waals surface area contributed by atoms with Crippen LogP contribution in [0.4, 0.5) is 0 Å². The van der Waals surface area contributed by atoms with E-state index < -0.39 is 5.41 Å². The third-order valence-electron chi connectivity index (χ3n) is 5.01. The molecule has 2 atom stereocenters. The van der Waals surface area contributed by atoms with Crippen LogP contribution in [0.15, 0.2) is 30.3 Å². The average molecular weight is 256 g/mol. The molecule has 0 amide bonds. The molecule has 2 aliphatic rings. The Morgan fingerprint density at radius 1 is 0.947 bits per heavy atom. The van der Waals surface area contributed by atoms with E-state index in [1.165, 1.54) is 0 Å². The lowest BCUT2D eigenvalue weighted by Gasteiger charge is -2.30. The van der Waals surface area contributed by atoms with Crippen molar-refractivity contribution in [1.82, 2.24) is 0 Å². The molecule has 2 aliphatic carbocycles. The largest absolute Gasteiger partial charge is 0.298 e. The highest BCUT2D eigenvalue weighted by Gasteiger charge is 2.58. The van der Waals surface area contributed by atoms with Crippen LogP contribution in [0.3, 0.4) is 0 Å². The molecule has 0 saturated heterocycles. The van der Waals surface area contributed by atoms with Crippen molar-refractivity contribution in [3.05, 3.63) is 35.9 Å². The maximum atomic E-state index is 12.9. The molecule has 2 heteroatoms. The van der Waals surface area contributed by atoms with Crippen LogP contribution in [-0.4, -0.2) is 11.6 Å². The number of carbonyl (C=O) groups is 2. The van der Waals surface area contributed by atoms with E-state index >= 15 is 0 Å². The highest BCUT2D eigenvalue weighted by Crippen LogP contribution is 2.51. The summed E-state index contributed by atoms with van der Waals surface area (Å²) in [6.07, 6.45) is 4.75. The molecule has 2 nitrogen and oxygen atoms in total. The lowest BCUT2D eigenvalue weighted by atomic mass is 9.70. The monoisotopic (exact) mass is 256 g/mol. The first kappa shape index (κ1) is 12.6. The fourth-order valence-electron chi connectivity index (χ4n) is 3.98. The normalized spacial score (nSPS) is 29.9. The average Bonchev–Trinajstić information content (AvgIpc) is 2.63. The van der Waals surface area contributed by atoms with Gasteiger partial charge in [-0.25, -0.2) is 0 Å². The van der Waals surface area contributed by atoms with Gasteiger partial charge in [-0.2, -0.15) is 0 Å². The summed E-state index contributed by atoms with van der Waals surface area (Å²) in [4.78, 5) is 25.5. The molecular weight excluding hydrogens is 236 g/mol. The standard InChI is InChI=1S/C17H20O2/c1-12-14(13-8-4-2-5-9-13)16(19)17(15(12)18)10-6-3-7-11-17/h2,4-5,8-9,12,14H,3,6-7,10-11H2,1H3/t12-,14+/m0/s1. The summed E-state index contributed by atoms with van der Waals surface area (Å²) < 4.78 is 0. The molecule has 0 unspecified atom stereocenters. The van der Waals surface area contributed by atoms with Crippen molar-refractivity contribution < 1.29 is 9.59 Å². The van der Waals surface area contributed by atoms with Gasteiger partial charge in [-0.1, -0.05) is 56.5 Å².